The normalized spacial score (nSPS) is 16.7. The molecule has 0 saturated heterocycles. The molecule has 2 aromatic rings. The van der Waals surface area contributed by atoms with E-state index in [4.69, 9.17) is 9.78 Å². The van der Waals surface area contributed by atoms with E-state index in [1.165, 1.54) is 0 Å². The molecule has 0 aliphatic heterocycles. The average Bonchev–Trinajstić information content (AvgIpc) is 2.61. The van der Waals surface area contributed by atoms with Gasteiger partial charge in [0.2, 0.25) is 0 Å². The predicted molar refractivity (Wildman–Crippen MR) is 83.9 cm³/mol. The van der Waals surface area contributed by atoms with Crippen molar-refractivity contribution >= 4 is 0 Å². The maximum Gasteiger partial charge on any atom is 0.149 e. The van der Waals surface area contributed by atoms with Gasteiger partial charge < -0.3 is 10.2 Å². The smallest absolute Gasteiger partial charge is 0.149 e. The van der Waals surface area contributed by atoms with Crippen LogP contribution in [0, 0.1) is 0 Å². The molecule has 0 spiro atoms. The molecule has 0 amide bonds. The van der Waals surface area contributed by atoms with E-state index in [2.05, 4.69) is 0 Å². The predicted octanol–water partition coefficient (Wildman–Crippen LogP) is 2.75. The van der Waals surface area contributed by atoms with Crippen molar-refractivity contribution in [2.45, 2.75) is 25.0 Å². The van der Waals surface area contributed by atoms with Crippen molar-refractivity contribution in [3.63, 3.8) is 0 Å². The molecule has 2 N–H and O–H groups in total. The molecule has 0 aliphatic rings. The van der Waals surface area contributed by atoms with Crippen LogP contribution in [0.4, 0.5) is 0 Å². The molecule has 0 fully saturated rings. The van der Waals surface area contributed by atoms with Crippen LogP contribution in [0.2, 0.25) is 0 Å². The molecule has 2 atom stereocenters. The molecule has 2 unspecified atom stereocenters. The second kappa shape index (κ2) is 7.03. The van der Waals surface area contributed by atoms with Crippen LogP contribution in [0.25, 0.3) is 0 Å². The lowest BCUT2D eigenvalue weighted by Gasteiger charge is -2.33. The van der Waals surface area contributed by atoms with E-state index >= 15 is 0 Å². The topological polar surface area (TPSA) is 58.9 Å². The van der Waals surface area contributed by atoms with Crippen molar-refractivity contribution in [2.24, 2.45) is 0 Å². The number of hydrogen-bond donors (Lipinski definition) is 2. The zero-order chi connectivity index (χ0) is 16.1. The van der Waals surface area contributed by atoms with E-state index in [0.717, 1.165) is 11.1 Å². The van der Waals surface area contributed by atoms with Crippen LogP contribution >= 0.6 is 0 Å². The first-order valence-electron chi connectivity index (χ1n) is 7.24. The zero-order valence-corrected chi connectivity index (χ0v) is 12.9. The van der Waals surface area contributed by atoms with Crippen molar-refractivity contribution < 1.29 is 20.0 Å². The van der Waals surface area contributed by atoms with Gasteiger partial charge in [0.1, 0.15) is 11.2 Å². The minimum Gasteiger partial charge on any atom is -0.393 e. The van der Waals surface area contributed by atoms with Gasteiger partial charge in [-0.2, -0.15) is 0 Å². The Kier molecular flexibility index (Phi) is 5.32. The highest BCUT2D eigenvalue weighted by atomic mass is 17.2. The molecule has 118 valence electrons. The number of hydrogen-bond acceptors (Lipinski definition) is 4. The van der Waals surface area contributed by atoms with Crippen LogP contribution in [0.5, 0.6) is 0 Å². The second-order valence-corrected chi connectivity index (χ2v) is 5.68. The Morgan fingerprint density at radius 3 is 1.27 bits per heavy atom. The maximum atomic E-state index is 9.71. The fraction of sp³-hybridized carbons (Fsp3) is 0.333. The summed E-state index contributed by atoms with van der Waals surface area (Å²) < 4.78 is 0. The van der Waals surface area contributed by atoms with Gasteiger partial charge in [-0.15, -0.1) is 0 Å². The van der Waals surface area contributed by atoms with Gasteiger partial charge in [0.25, 0.3) is 0 Å². The highest BCUT2D eigenvalue weighted by Crippen LogP contribution is 2.31. The molecule has 4 nitrogen and oxygen atoms in total. The molecular weight excluding hydrogens is 280 g/mol. The van der Waals surface area contributed by atoms with Crippen molar-refractivity contribution in [3.05, 3.63) is 71.8 Å². The van der Waals surface area contributed by atoms with E-state index in [0.29, 0.717) is 0 Å². The van der Waals surface area contributed by atoms with E-state index in [9.17, 15) is 10.2 Å². The van der Waals surface area contributed by atoms with E-state index < -0.39 is 11.2 Å². The minimum absolute atomic E-state index is 0.243. The largest absolute Gasteiger partial charge is 0.393 e. The van der Waals surface area contributed by atoms with Gasteiger partial charge in [0.05, 0.1) is 13.2 Å². The Morgan fingerprint density at radius 2 is 1.00 bits per heavy atom. The summed E-state index contributed by atoms with van der Waals surface area (Å²) in [5, 5.41) is 19.4. The van der Waals surface area contributed by atoms with Crippen LogP contribution in [0.1, 0.15) is 25.0 Å². The number of rotatable bonds is 7. The number of aliphatic hydroxyl groups excluding tert-OH is 2. The van der Waals surface area contributed by atoms with E-state index in [-0.39, 0.29) is 13.2 Å². The molecule has 0 heterocycles. The molecular formula is C18H22O4. The van der Waals surface area contributed by atoms with Crippen molar-refractivity contribution in [1.82, 2.24) is 0 Å². The maximum absolute atomic E-state index is 9.71. The Labute approximate surface area is 130 Å². The number of benzene rings is 2. The number of aliphatic hydroxyl groups is 2. The quantitative estimate of drug-likeness (QED) is 0.610. The van der Waals surface area contributed by atoms with Crippen LogP contribution in [-0.4, -0.2) is 23.4 Å². The summed E-state index contributed by atoms with van der Waals surface area (Å²) in [4.78, 5) is 11.1. The summed E-state index contributed by atoms with van der Waals surface area (Å²) in [6.07, 6.45) is 0. The van der Waals surface area contributed by atoms with Gasteiger partial charge in [-0.3, -0.25) is 0 Å². The fourth-order valence-electron chi connectivity index (χ4n) is 2.10. The first-order chi connectivity index (χ1) is 10.5. The third kappa shape index (κ3) is 3.54. The Bertz CT molecular complexity index is 519. The van der Waals surface area contributed by atoms with E-state index in [1.807, 2.05) is 60.7 Å². The summed E-state index contributed by atoms with van der Waals surface area (Å²) in [7, 11) is 0. The zero-order valence-electron chi connectivity index (χ0n) is 12.9. The monoisotopic (exact) mass is 302 g/mol. The van der Waals surface area contributed by atoms with Gasteiger partial charge in [0.15, 0.2) is 0 Å². The summed E-state index contributed by atoms with van der Waals surface area (Å²) in [5.74, 6) is 0. The minimum atomic E-state index is -1.01. The third-order valence-electron chi connectivity index (χ3n) is 3.78. The van der Waals surface area contributed by atoms with Gasteiger partial charge >= 0.3 is 0 Å². The van der Waals surface area contributed by atoms with E-state index in [1.54, 1.807) is 13.8 Å². The molecule has 2 rings (SSSR count). The van der Waals surface area contributed by atoms with Gasteiger partial charge in [0, 0.05) is 0 Å². The molecule has 0 radical (unpaired) electrons. The lowest BCUT2D eigenvalue weighted by atomic mass is 9.96. The van der Waals surface area contributed by atoms with Gasteiger partial charge in [-0.1, -0.05) is 60.7 Å². The Balaban J connectivity index is 2.18. The van der Waals surface area contributed by atoms with Gasteiger partial charge in [-0.25, -0.2) is 9.78 Å². The summed E-state index contributed by atoms with van der Waals surface area (Å²) >= 11 is 0. The third-order valence-corrected chi connectivity index (χ3v) is 3.78. The highest BCUT2D eigenvalue weighted by Gasteiger charge is 2.35. The standard InChI is InChI=1S/C18H22O4/c1-17(13-19,15-9-5-3-6-10-15)21-22-18(2,14-20)16-11-7-4-8-12-16/h3-12,19-20H,13-14H2,1-2H3. The van der Waals surface area contributed by atoms with Crippen molar-refractivity contribution in [1.29, 1.82) is 0 Å². The van der Waals surface area contributed by atoms with Gasteiger partial charge in [-0.05, 0) is 25.0 Å². The molecule has 22 heavy (non-hydrogen) atoms. The lowest BCUT2D eigenvalue weighted by Crippen LogP contribution is -2.37. The second-order valence-electron chi connectivity index (χ2n) is 5.68. The van der Waals surface area contributed by atoms with Crippen LogP contribution < -0.4 is 0 Å². The molecule has 0 bridgehead atoms. The lowest BCUT2D eigenvalue weighted by molar-refractivity contribution is -0.425. The van der Waals surface area contributed by atoms with Crippen molar-refractivity contribution in [3.8, 4) is 0 Å². The Hall–Kier alpha value is -1.72. The Morgan fingerprint density at radius 1 is 0.682 bits per heavy atom. The fourth-order valence-corrected chi connectivity index (χ4v) is 2.10. The molecule has 0 aromatic heterocycles. The summed E-state index contributed by atoms with van der Waals surface area (Å²) in [6.45, 7) is 3.00. The summed E-state index contributed by atoms with van der Waals surface area (Å²) in [6, 6.07) is 18.7. The van der Waals surface area contributed by atoms with Crippen LogP contribution in [0.3, 0.4) is 0 Å². The molecule has 0 aliphatic carbocycles. The first kappa shape index (κ1) is 16.6. The molecule has 2 aromatic carbocycles. The summed E-state index contributed by atoms with van der Waals surface area (Å²) in [5.41, 5.74) is -0.421. The molecule has 0 saturated carbocycles. The molecule has 4 heteroatoms. The highest BCUT2D eigenvalue weighted by molar-refractivity contribution is 5.23. The van der Waals surface area contributed by atoms with Crippen LogP contribution in [-0.2, 0) is 21.0 Å². The first-order valence-corrected chi connectivity index (χ1v) is 7.24. The van der Waals surface area contributed by atoms with Crippen molar-refractivity contribution in [2.75, 3.05) is 13.2 Å². The SMILES string of the molecule is CC(CO)(OOC(C)(CO)c1ccccc1)c1ccccc1. The van der Waals surface area contributed by atoms with Crippen LogP contribution in [0.15, 0.2) is 60.7 Å². The average molecular weight is 302 g/mol.